The molecule has 2 N–H and O–H groups in total. The molecular formula is C21H34O4. The average Bonchev–Trinajstić information content (AvgIpc) is 2.53. The molecule has 4 nitrogen and oxygen atoms in total. The highest BCUT2D eigenvalue weighted by Crippen LogP contribution is 2.51. The van der Waals surface area contributed by atoms with E-state index in [1.165, 1.54) is 5.57 Å². The van der Waals surface area contributed by atoms with E-state index in [9.17, 15) is 15.0 Å². The van der Waals surface area contributed by atoms with Gasteiger partial charge in [0, 0.05) is 25.4 Å². The van der Waals surface area contributed by atoms with Gasteiger partial charge in [0.15, 0.2) is 5.78 Å². The second-order valence-electron chi connectivity index (χ2n) is 8.16. The number of allylic oxidation sites excluding steroid dienone is 2. The zero-order valence-electron chi connectivity index (χ0n) is 16.1. The third-order valence-corrected chi connectivity index (χ3v) is 5.97. The Morgan fingerprint density at radius 1 is 1.44 bits per heavy atom. The van der Waals surface area contributed by atoms with E-state index in [0.29, 0.717) is 25.2 Å². The molecule has 0 aromatic carbocycles. The highest BCUT2D eigenvalue weighted by atomic mass is 16.5. The van der Waals surface area contributed by atoms with Crippen molar-refractivity contribution in [1.82, 2.24) is 0 Å². The number of carbonyl (C=O) groups is 1. The number of methoxy groups -OCH3 is 1. The highest BCUT2D eigenvalue weighted by molar-refractivity contribution is 5.94. The summed E-state index contributed by atoms with van der Waals surface area (Å²) in [4.78, 5) is 12.0. The standard InChI is InChI=1S/C21H34O4/c1-14(2)6-5-7-15(3)12-16(22)8-9-17-18-13-20(24)21(18,25-4)11-10-19(17)23/h6,8-9,15-19,22-23H,5,7,10-13H2,1-4H3/b9-8+/t15?,16-,17-,18-,19-,21-/m1/s1. The summed E-state index contributed by atoms with van der Waals surface area (Å²) in [7, 11) is 1.59. The topological polar surface area (TPSA) is 66.8 Å². The van der Waals surface area contributed by atoms with Crippen LogP contribution in [0.2, 0.25) is 0 Å². The van der Waals surface area contributed by atoms with E-state index in [1.807, 2.05) is 6.08 Å². The molecule has 0 amide bonds. The van der Waals surface area contributed by atoms with Crippen molar-refractivity contribution in [3.8, 4) is 0 Å². The van der Waals surface area contributed by atoms with Gasteiger partial charge in [0.05, 0.1) is 12.2 Å². The summed E-state index contributed by atoms with van der Waals surface area (Å²) in [6, 6.07) is 0. The normalized spacial score (nSPS) is 34.3. The Kier molecular flexibility index (Phi) is 7.01. The van der Waals surface area contributed by atoms with E-state index in [-0.39, 0.29) is 17.6 Å². The number of hydrogen-bond acceptors (Lipinski definition) is 4. The maximum absolute atomic E-state index is 12.0. The third kappa shape index (κ3) is 4.60. The van der Waals surface area contributed by atoms with Crippen LogP contribution in [0.5, 0.6) is 0 Å². The van der Waals surface area contributed by atoms with Crippen molar-refractivity contribution in [3.05, 3.63) is 23.8 Å². The van der Waals surface area contributed by atoms with Crippen LogP contribution in [0.1, 0.15) is 59.3 Å². The predicted molar refractivity (Wildman–Crippen MR) is 99.2 cm³/mol. The Hall–Kier alpha value is -0.970. The van der Waals surface area contributed by atoms with Crippen LogP contribution in [0.3, 0.4) is 0 Å². The summed E-state index contributed by atoms with van der Waals surface area (Å²) in [6.07, 6.45) is 9.45. The van der Waals surface area contributed by atoms with Crippen molar-refractivity contribution < 1.29 is 19.7 Å². The SMILES string of the molecule is CO[C@]12CC[C@@H](O)[C@H](/C=C/[C@@H](O)CC(C)CCC=C(C)C)[C@H]1CC2=O. The highest BCUT2D eigenvalue weighted by Gasteiger charge is 2.60. The molecule has 25 heavy (non-hydrogen) atoms. The van der Waals surface area contributed by atoms with E-state index < -0.39 is 17.8 Å². The van der Waals surface area contributed by atoms with E-state index >= 15 is 0 Å². The largest absolute Gasteiger partial charge is 0.393 e. The Bertz CT molecular complexity index is 520. The van der Waals surface area contributed by atoms with Gasteiger partial charge < -0.3 is 14.9 Å². The molecule has 2 rings (SSSR count). The van der Waals surface area contributed by atoms with Gasteiger partial charge in [-0.3, -0.25) is 4.79 Å². The number of rotatable bonds is 8. The molecule has 2 saturated carbocycles. The fourth-order valence-corrected chi connectivity index (χ4v) is 4.36. The molecular weight excluding hydrogens is 316 g/mol. The number of ketones is 1. The van der Waals surface area contributed by atoms with Crippen LogP contribution < -0.4 is 0 Å². The quantitative estimate of drug-likeness (QED) is 0.658. The molecule has 0 spiro atoms. The van der Waals surface area contributed by atoms with Crippen molar-refractivity contribution in [1.29, 1.82) is 0 Å². The van der Waals surface area contributed by atoms with E-state index in [0.717, 1.165) is 19.3 Å². The smallest absolute Gasteiger partial charge is 0.165 e. The summed E-state index contributed by atoms with van der Waals surface area (Å²) >= 11 is 0. The first kappa shape index (κ1) is 20.3. The molecule has 0 heterocycles. The molecule has 0 saturated heterocycles. The molecule has 6 atom stereocenters. The number of Topliss-reactive ketones (excluding diaryl/α,β-unsaturated/α-hetero) is 1. The van der Waals surface area contributed by atoms with Gasteiger partial charge in [0.25, 0.3) is 0 Å². The van der Waals surface area contributed by atoms with Gasteiger partial charge in [-0.15, -0.1) is 0 Å². The van der Waals surface area contributed by atoms with Crippen LogP contribution in [0.15, 0.2) is 23.8 Å². The third-order valence-electron chi connectivity index (χ3n) is 5.97. The second kappa shape index (κ2) is 8.61. The Morgan fingerprint density at radius 2 is 2.16 bits per heavy atom. The van der Waals surface area contributed by atoms with Crippen LogP contribution in [0, 0.1) is 17.8 Å². The van der Waals surface area contributed by atoms with Crippen LogP contribution in [-0.4, -0.2) is 40.9 Å². The Balaban J connectivity index is 1.89. The lowest BCUT2D eigenvalue weighted by Crippen LogP contribution is -2.64. The van der Waals surface area contributed by atoms with Crippen molar-refractivity contribution in [2.45, 2.75) is 77.1 Å². The van der Waals surface area contributed by atoms with Gasteiger partial charge >= 0.3 is 0 Å². The minimum absolute atomic E-state index is 0.0345. The molecule has 1 unspecified atom stereocenters. The molecule has 4 heteroatoms. The maximum Gasteiger partial charge on any atom is 0.165 e. The minimum atomic E-state index is -0.698. The minimum Gasteiger partial charge on any atom is -0.393 e. The first-order valence-corrected chi connectivity index (χ1v) is 9.56. The molecule has 0 bridgehead atoms. The lowest BCUT2D eigenvalue weighted by atomic mass is 9.55. The zero-order valence-corrected chi connectivity index (χ0v) is 16.1. The lowest BCUT2D eigenvalue weighted by molar-refractivity contribution is -0.191. The number of aliphatic hydroxyl groups excluding tert-OH is 2. The van der Waals surface area contributed by atoms with Crippen molar-refractivity contribution in [3.63, 3.8) is 0 Å². The zero-order chi connectivity index (χ0) is 18.6. The summed E-state index contributed by atoms with van der Waals surface area (Å²) in [5.41, 5.74) is 0.632. The number of aliphatic hydroxyl groups is 2. The number of fused-ring (bicyclic) bond motifs is 1. The van der Waals surface area contributed by atoms with Crippen LogP contribution in [-0.2, 0) is 9.53 Å². The van der Waals surface area contributed by atoms with Crippen LogP contribution in [0.4, 0.5) is 0 Å². The fraction of sp³-hybridized carbons (Fsp3) is 0.762. The van der Waals surface area contributed by atoms with Gasteiger partial charge in [0.2, 0.25) is 0 Å². The molecule has 2 aliphatic carbocycles. The maximum atomic E-state index is 12.0. The number of ether oxygens (including phenoxy) is 1. The van der Waals surface area contributed by atoms with Crippen molar-refractivity contribution in [2.75, 3.05) is 7.11 Å². The molecule has 2 aliphatic rings. The Morgan fingerprint density at radius 3 is 2.76 bits per heavy atom. The van der Waals surface area contributed by atoms with Crippen LogP contribution in [0.25, 0.3) is 0 Å². The van der Waals surface area contributed by atoms with E-state index in [4.69, 9.17) is 4.74 Å². The van der Waals surface area contributed by atoms with Gasteiger partial charge in [-0.2, -0.15) is 0 Å². The van der Waals surface area contributed by atoms with Gasteiger partial charge in [-0.05, 0) is 51.9 Å². The van der Waals surface area contributed by atoms with Crippen molar-refractivity contribution >= 4 is 5.78 Å². The fourth-order valence-electron chi connectivity index (χ4n) is 4.36. The molecule has 0 radical (unpaired) electrons. The number of hydrogen-bond donors (Lipinski definition) is 2. The average molecular weight is 350 g/mol. The molecule has 2 fully saturated rings. The van der Waals surface area contributed by atoms with Gasteiger partial charge in [-0.1, -0.05) is 30.7 Å². The Labute approximate surface area is 152 Å². The molecule has 0 aliphatic heterocycles. The summed E-state index contributed by atoms with van der Waals surface area (Å²) in [6.45, 7) is 6.36. The van der Waals surface area contributed by atoms with E-state index in [1.54, 1.807) is 13.2 Å². The molecule has 0 aromatic rings. The van der Waals surface area contributed by atoms with E-state index in [2.05, 4.69) is 26.8 Å². The lowest BCUT2D eigenvalue weighted by Gasteiger charge is -2.54. The first-order chi connectivity index (χ1) is 11.8. The molecule has 0 aromatic heterocycles. The summed E-state index contributed by atoms with van der Waals surface area (Å²) in [5, 5.41) is 20.7. The first-order valence-electron chi connectivity index (χ1n) is 9.56. The number of carbonyl (C=O) groups excluding carboxylic acids is 1. The van der Waals surface area contributed by atoms with Crippen molar-refractivity contribution in [2.24, 2.45) is 17.8 Å². The molecule has 142 valence electrons. The summed E-state index contributed by atoms with van der Waals surface area (Å²) in [5.74, 6) is 0.517. The predicted octanol–water partition coefficient (Wildman–Crippen LogP) is 3.42. The summed E-state index contributed by atoms with van der Waals surface area (Å²) < 4.78 is 5.54. The monoisotopic (exact) mass is 350 g/mol. The van der Waals surface area contributed by atoms with Gasteiger partial charge in [0.1, 0.15) is 5.60 Å². The van der Waals surface area contributed by atoms with Crippen LogP contribution >= 0.6 is 0 Å². The van der Waals surface area contributed by atoms with Gasteiger partial charge in [-0.25, -0.2) is 0 Å². The second-order valence-corrected chi connectivity index (χ2v) is 8.16.